The molecule has 0 radical (unpaired) electrons. The maximum atomic E-state index is 5.86. The molecule has 1 fully saturated rings. The van der Waals surface area contributed by atoms with Crippen LogP contribution in [-0.4, -0.2) is 0 Å². The van der Waals surface area contributed by atoms with Crippen molar-refractivity contribution in [3.05, 3.63) is 76.5 Å². The van der Waals surface area contributed by atoms with Crippen LogP contribution in [0.2, 0.25) is 0 Å². The smallest absolute Gasteiger partial charge is 0.0609 e. The van der Waals surface area contributed by atoms with Crippen LogP contribution >= 0.6 is 0 Å². The molecule has 1 aliphatic heterocycles. The van der Waals surface area contributed by atoms with Crippen molar-refractivity contribution in [1.29, 1.82) is 0 Å². The SMILES string of the molecule is C#Cc1cccc(CC)c1C1CC(C)C(=C)N1c1cc(C)ccc1C. The first-order valence-corrected chi connectivity index (χ1v) is 9.11. The van der Waals surface area contributed by atoms with E-state index in [1.54, 1.807) is 0 Å². The van der Waals surface area contributed by atoms with E-state index in [1.165, 1.54) is 33.6 Å². The Labute approximate surface area is 152 Å². The van der Waals surface area contributed by atoms with Gasteiger partial charge in [0.05, 0.1) is 6.04 Å². The molecule has 2 unspecified atom stereocenters. The van der Waals surface area contributed by atoms with Crippen molar-refractivity contribution >= 4 is 5.69 Å². The van der Waals surface area contributed by atoms with Crippen LogP contribution in [0.4, 0.5) is 5.69 Å². The van der Waals surface area contributed by atoms with Crippen LogP contribution < -0.4 is 4.90 Å². The summed E-state index contributed by atoms with van der Waals surface area (Å²) in [5.41, 5.74) is 8.66. The highest BCUT2D eigenvalue weighted by Crippen LogP contribution is 2.47. The van der Waals surface area contributed by atoms with Crippen LogP contribution in [0, 0.1) is 32.1 Å². The Bertz CT molecular complexity index is 853. The van der Waals surface area contributed by atoms with E-state index in [2.05, 4.69) is 81.5 Å². The van der Waals surface area contributed by atoms with Gasteiger partial charge in [0.2, 0.25) is 0 Å². The number of anilines is 1. The zero-order chi connectivity index (χ0) is 18.1. The Morgan fingerprint density at radius 3 is 2.68 bits per heavy atom. The normalized spacial score (nSPS) is 20.0. The summed E-state index contributed by atoms with van der Waals surface area (Å²) in [6.07, 6.45) is 7.90. The number of aryl methyl sites for hydroxylation is 3. The minimum Gasteiger partial charge on any atom is -0.338 e. The second kappa shape index (κ2) is 6.81. The molecule has 1 heteroatoms. The van der Waals surface area contributed by atoms with Crippen molar-refractivity contribution in [3.8, 4) is 12.3 Å². The Morgan fingerprint density at radius 1 is 1.24 bits per heavy atom. The van der Waals surface area contributed by atoms with E-state index in [-0.39, 0.29) is 6.04 Å². The van der Waals surface area contributed by atoms with Gasteiger partial charge < -0.3 is 4.90 Å². The fourth-order valence-electron chi connectivity index (χ4n) is 4.00. The first kappa shape index (κ1) is 17.4. The van der Waals surface area contributed by atoms with Crippen molar-refractivity contribution < 1.29 is 0 Å². The molecule has 1 nitrogen and oxygen atoms in total. The van der Waals surface area contributed by atoms with Crippen molar-refractivity contribution in [2.45, 2.75) is 46.6 Å². The van der Waals surface area contributed by atoms with Crippen LogP contribution in [0.15, 0.2) is 48.7 Å². The molecule has 2 aromatic carbocycles. The average molecular weight is 329 g/mol. The molecule has 2 aromatic rings. The minimum absolute atomic E-state index is 0.255. The molecule has 0 saturated carbocycles. The predicted molar refractivity (Wildman–Crippen MR) is 108 cm³/mol. The predicted octanol–water partition coefficient (Wildman–Crippen LogP) is 5.95. The largest absolute Gasteiger partial charge is 0.338 e. The Balaban J connectivity index is 2.20. The fourth-order valence-corrected chi connectivity index (χ4v) is 4.00. The van der Waals surface area contributed by atoms with E-state index in [0.717, 1.165) is 18.4 Å². The molecule has 2 atom stereocenters. The molecule has 0 amide bonds. The van der Waals surface area contributed by atoms with Crippen LogP contribution in [-0.2, 0) is 6.42 Å². The summed E-state index contributed by atoms with van der Waals surface area (Å²) in [4.78, 5) is 2.43. The van der Waals surface area contributed by atoms with Crippen molar-refractivity contribution in [3.63, 3.8) is 0 Å². The third-order valence-corrected chi connectivity index (χ3v) is 5.46. The standard InChI is InChI=1S/C24H27N/c1-7-20-10-9-11-21(8-2)24(20)23-15-18(5)19(6)25(23)22-14-16(3)12-13-17(22)4/h1,9-14,18,23H,6,8,15H2,2-5H3. The lowest BCUT2D eigenvalue weighted by Crippen LogP contribution is -2.24. The zero-order valence-electron chi connectivity index (χ0n) is 15.8. The van der Waals surface area contributed by atoms with Crippen LogP contribution in [0.5, 0.6) is 0 Å². The summed E-state index contributed by atoms with van der Waals surface area (Å²) >= 11 is 0. The number of hydrogen-bond acceptors (Lipinski definition) is 1. The van der Waals surface area contributed by atoms with Crippen LogP contribution in [0.25, 0.3) is 0 Å². The number of hydrogen-bond donors (Lipinski definition) is 0. The molecule has 25 heavy (non-hydrogen) atoms. The molecule has 3 rings (SSSR count). The maximum Gasteiger partial charge on any atom is 0.0609 e. The summed E-state index contributed by atoms with van der Waals surface area (Å²) in [6, 6.07) is 13.3. The van der Waals surface area contributed by atoms with Crippen molar-refractivity contribution in [2.24, 2.45) is 5.92 Å². The summed E-state index contributed by atoms with van der Waals surface area (Å²) in [7, 11) is 0. The third kappa shape index (κ3) is 2.98. The molecular weight excluding hydrogens is 302 g/mol. The van der Waals surface area contributed by atoms with Gasteiger partial charge in [-0.25, -0.2) is 0 Å². The van der Waals surface area contributed by atoms with E-state index in [1.807, 2.05) is 0 Å². The minimum atomic E-state index is 0.255. The number of rotatable bonds is 3. The molecule has 0 aliphatic carbocycles. The second-order valence-electron chi connectivity index (χ2n) is 7.18. The molecular formula is C24H27N. The number of nitrogens with zero attached hydrogens (tertiary/aromatic N) is 1. The topological polar surface area (TPSA) is 3.24 Å². The third-order valence-electron chi connectivity index (χ3n) is 5.46. The van der Waals surface area contributed by atoms with Gasteiger partial charge in [-0.2, -0.15) is 0 Å². The summed E-state index contributed by atoms with van der Waals surface area (Å²) < 4.78 is 0. The van der Waals surface area contributed by atoms with Gasteiger partial charge >= 0.3 is 0 Å². The maximum absolute atomic E-state index is 5.86. The van der Waals surface area contributed by atoms with Crippen molar-refractivity contribution in [2.75, 3.05) is 4.90 Å². The summed E-state index contributed by atoms with van der Waals surface area (Å²) in [5, 5.41) is 0. The molecule has 1 saturated heterocycles. The molecule has 0 spiro atoms. The van der Waals surface area contributed by atoms with Gasteiger partial charge in [-0.1, -0.05) is 50.6 Å². The van der Waals surface area contributed by atoms with Gasteiger partial charge in [0.15, 0.2) is 0 Å². The highest BCUT2D eigenvalue weighted by molar-refractivity contribution is 5.64. The van der Waals surface area contributed by atoms with Crippen molar-refractivity contribution in [1.82, 2.24) is 0 Å². The summed E-state index contributed by atoms with van der Waals surface area (Å²) in [5.74, 6) is 3.36. The van der Waals surface area contributed by atoms with Gasteiger partial charge in [-0.05, 0) is 67.0 Å². The molecule has 128 valence electrons. The molecule has 0 N–H and O–H groups in total. The fraction of sp³-hybridized carbons (Fsp3) is 0.333. The van der Waals surface area contributed by atoms with Gasteiger partial charge in [0.1, 0.15) is 0 Å². The highest BCUT2D eigenvalue weighted by atomic mass is 15.2. The number of benzene rings is 2. The molecule has 1 aliphatic rings. The van der Waals surface area contributed by atoms with E-state index in [4.69, 9.17) is 6.42 Å². The van der Waals surface area contributed by atoms with Gasteiger partial charge in [0.25, 0.3) is 0 Å². The lowest BCUT2D eigenvalue weighted by molar-refractivity contribution is 0.630. The van der Waals surface area contributed by atoms with E-state index in [9.17, 15) is 0 Å². The number of terminal acetylenes is 1. The molecule has 0 bridgehead atoms. The van der Waals surface area contributed by atoms with Crippen LogP contribution in [0.3, 0.4) is 0 Å². The van der Waals surface area contributed by atoms with Gasteiger partial charge in [0, 0.05) is 16.9 Å². The lowest BCUT2D eigenvalue weighted by atomic mass is 9.90. The first-order chi connectivity index (χ1) is 12.0. The van der Waals surface area contributed by atoms with Gasteiger partial charge in [-0.3, -0.25) is 0 Å². The highest BCUT2D eigenvalue weighted by Gasteiger charge is 2.37. The zero-order valence-corrected chi connectivity index (χ0v) is 15.8. The Kier molecular flexibility index (Phi) is 4.73. The first-order valence-electron chi connectivity index (χ1n) is 9.11. The monoisotopic (exact) mass is 329 g/mol. The van der Waals surface area contributed by atoms with E-state index in [0.29, 0.717) is 5.92 Å². The second-order valence-corrected chi connectivity index (χ2v) is 7.18. The lowest BCUT2D eigenvalue weighted by Gasteiger charge is -2.32. The van der Waals surface area contributed by atoms with Crippen LogP contribution in [0.1, 0.15) is 54.1 Å². The van der Waals surface area contributed by atoms with E-state index >= 15 is 0 Å². The Morgan fingerprint density at radius 2 is 2.00 bits per heavy atom. The molecule has 1 heterocycles. The Hall–Kier alpha value is -2.46. The number of allylic oxidation sites excluding steroid dienone is 1. The van der Waals surface area contributed by atoms with Gasteiger partial charge in [-0.15, -0.1) is 6.42 Å². The average Bonchev–Trinajstić information content (AvgIpc) is 2.91. The molecule has 0 aromatic heterocycles. The van der Waals surface area contributed by atoms with E-state index < -0.39 is 0 Å². The quantitative estimate of drug-likeness (QED) is 0.629. The summed E-state index contributed by atoms with van der Waals surface area (Å²) in [6.45, 7) is 13.2.